The molecule has 1 aromatic rings. The Balaban J connectivity index is 1.76. The molecule has 1 saturated carbocycles. The van der Waals surface area contributed by atoms with Crippen LogP contribution in [0.1, 0.15) is 55.7 Å². The topological polar surface area (TPSA) is 46.3 Å². The molecule has 0 saturated heterocycles. The molecule has 0 heterocycles. The van der Waals surface area contributed by atoms with Gasteiger partial charge in [-0.05, 0) is 49.7 Å². The zero-order chi connectivity index (χ0) is 14.8. The first-order chi connectivity index (χ1) is 10.2. The summed E-state index contributed by atoms with van der Waals surface area (Å²) in [6.07, 6.45) is 7.42. The summed E-state index contributed by atoms with van der Waals surface area (Å²) in [5, 5.41) is 0. The number of fused-ring (bicyclic) bond motifs is 1. The van der Waals surface area contributed by atoms with Gasteiger partial charge in [-0.1, -0.05) is 30.7 Å². The summed E-state index contributed by atoms with van der Waals surface area (Å²) in [6, 6.07) is 9.04. The number of carbonyl (C=O) groups is 1. The van der Waals surface area contributed by atoms with Gasteiger partial charge in [0.15, 0.2) is 0 Å². The van der Waals surface area contributed by atoms with Crippen molar-refractivity contribution in [2.24, 2.45) is 11.7 Å². The van der Waals surface area contributed by atoms with E-state index in [1.165, 1.54) is 17.5 Å². The van der Waals surface area contributed by atoms with Crippen molar-refractivity contribution in [3.63, 3.8) is 0 Å². The van der Waals surface area contributed by atoms with Gasteiger partial charge >= 0.3 is 0 Å². The zero-order valence-electron chi connectivity index (χ0n) is 12.9. The van der Waals surface area contributed by atoms with Crippen LogP contribution in [0.5, 0.6) is 0 Å². The Hall–Kier alpha value is -1.35. The van der Waals surface area contributed by atoms with Crippen LogP contribution < -0.4 is 5.73 Å². The molecule has 0 bridgehead atoms. The third-order valence-corrected chi connectivity index (χ3v) is 5.22. The van der Waals surface area contributed by atoms with Crippen molar-refractivity contribution in [2.45, 2.75) is 57.0 Å². The first-order valence-electron chi connectivity index (χ1n) is 8.27. The number of hydrogen-bond acceptors (Lipinski definition) is 2. The Morgan fingerprint density at radius 2 is 2.00 bits per heavy atom. The molecule has 0 aromatic heterocycles. The fraction of sp³-hybridized carbons (Fsp3) is 0.611. The lowest BCUT2D eigenvalue weighted by atomic mass is 9.83. The van der Waals surface area contributed by atoms with E-state index in [9.17, 15) is 4.79 Å². The van der Waals surface area contributed by atoms with E-state index in [1.54, 1.807) is 0 Å². The van der Waals surface area contributed by atoms with Crippen LogP contribution in [-0.4, -0.2) is 23.9 Å². The second-order valence-corrected chi connectivity index (χ2v) is 6.68. The minimum Gasteiger partial charge on any atom is -0.338 e. The van der Waals surface area contributed by atoms with Crippen molar-refractivity contribution in [1.82, 2.24) is 4.90 Å². The number of benzene rings is 1. The van der Waals surface area contributed by atoms with Gasteiger partial charge in [0.25, 0.3) is 0 Å². The molecule has 3 nitrogen and oxygen atoms in total. The van der Waals surface area contributed by atoms with Gasteiger partial charge in [-0.3, -0.25) is 4.79 Å². The molecule has 1 amide bonds. The summed E-state index contributed by atoms with van der Waals surface area (Å²) in [5.41, 5.74) is 8.81. The van der Waals surface area contributed by atoms with Crippen LogP contribution in [0, 0.1) is 5.92 Å². The predicted molar refractivity (Wildman–Crippen MR) is 84.8 cm³/mol. The molecule has 114 valence electrons. The van der Waals surface area contributed by atoms with Crippen LogP contribution in [0.25, 0.3) is 0 Å². The fourth-order valence-corrected chi connectivity index (χ4v) is 4.02. The maximum absolute atomic E-state index is 12.8. The van der Waals surface area contributed by atoms with Crippen molar-refractivity contribution < 1.29 is 4.79 Å². The molecular weight excluding hydrogens is 260 g/mol. The molecule has 3 heteroatoms. The smallest absolute Gasteiger partial charge is 0.225 e. The number of aryl methyl sites for hydroxylation is 1. The molecule has 1 fully saturated rings. The number of rotatable bonds is 2. The highest BCUT2D eigenvalue weighted by atomic mass is 16.2. The Bertz CT molecular complexity index is 514. The van der Waals surface area contributed by atoms with E-state index in [1.807, 2.05) is 11.9 Å². The number of hydrogen-bond donors (Lipinski definition) is 1. The first kappa shape index (κ1) is 14.6. The van der Waals surface area contributed by atoms with Crippen LogP contribution in [0.4, 0.5) is 0 Å². The maximum Gasteiger partial charge on any atom is 0.225 e. The van der Waals surface area contributed by atoms with E-state index in [0.717, 1.165) is 38.5 Å². The summed E-state index contributed by atoms with van der Waals surface area (Å²) in [6.45, 7) is 0. The lowest BCUT2D eigenvalue weighted by Gasteiger charge is -2.37. The summed E-state index contributed by atoms with van der Waals surface area (Å²) < 4.78 is 0. The molecule has 0 spiro atoms. The number of nitrogens with two attached hydrogens (primary N) is 1. The fourth-order valence-electron chi connectivity index (χ4n) is 4.02. The minimum atomic E-state index is 0.132. The van der Waals surface area contributed by atoms with Crippen LogP contribution in [0.15, 0.2) is 24.3 Å². The Kier molecular flexibility index (Phi) is 4.29. The summed E-state index contributed by atoms with van der Waals surface area (Å²) in [4.78, 5) is 14.8. The van der Waals surface area contributed by atoms with Gasteiger partial charge in [0, 0.05) is 19.0 Å². The predicted octanol–water partition coefficient (Wildman–Crippen LogP) is 3.04. The van der Waals surface area contributed by atoms with E-state index >= 15 is 0 Å². The van der Waals surface area contributed by atoms with Crippen LogP contribution in [-0.2, 0) is 11.2 Å². The molecular formula is C18H26N2O. The molecule has 2 aliphatic rings. The number of carbonyl (C=O) groups excluding carboxylic acids is 1. The van der Waals surface area contributed by atoms with Crippen molar-refractivity contribution in [2.75, 3.05) is 7.05 Å². The second kappa shape index (κ2) is 6.18. The maximum atomic E-state index is 12.8. The van der Waals surface area contributed by atoms with Crippen molar-refractivity contribution in [3.05, 3.63) is 35.4 Å². The third kappa shape index (κ3) is 2.98. The second-order valence-electron chi connectivity index (χ2n) is 6.68. The Morgan fingerprint density at radius 1 is 1.19 bits per heavy atom. The summed E-state index contributed by atoms with van der Waals surface area (Å²) in [5.74, 6) is 0.430. The third-order valence-electron chi connectivity index (χ3n) is 5.22. The summed E-state index contributed by atoms with van der Waals surface area (Å²) >= 11 is 0. The molecule has 0 radical (unpaired) electrons. The molecule has 3 unspecified atom stereocenters. The SMILES string of the molecule is CN(C(=O)C1CCCC(N)C1)C1CCCc2ccccc21. The van der Waals surface area contributed by atoms with Crippen molar-refractivity contribution in [3.8, 4) is 0 Å². The highest BCUT2D eigenvalue weighted by Gasteiger charge is 2.32. The average molecular weight is 286 g/mol. The van der Waals surface area contributed by atoms with E-state index in [2.05, 4.69) is 24.3 Å². The number of amides is 1. The van der Waals surface area contributed by atoms with Gasteiger partial charge in [-0.25, -0.2) is 0 Å². The van der Waals surface area contributed by atoms with Gasteiger partial charge in [0.1, 0.15) is 0 Å². The number of nitrogens with zero attached hydrogens (tertiary/aromatic N) is 1. The molecule has 0 aliphatic heterocycles. The lowest BCUT2D eigenvalue weighted by Crippen LogP contribution is -2.41. The van der Waals surface area contributed by atoms with Gasteiger partial charge in [-0.15, -0.1) is 0 Å². The van der Waals surface area contributed by atoms with E-state index in [-0.39, 0.29) is 18.0 Å². The van der Waals surface area contributed by atoms with E-state index < -0.39 is 0 Å². The van der Waals surface area contributed by atoms with Crippen LogP contribution in [0.2, 0.25) is 0 Å². The average Bonchev–Trinajstić information content (AvgIpc) is 2.53. The van der Waals surface area contributed by atoms with Gasteiger partial charge in [-0.2, -0.15) is 0 Å². The van der Waals surface area contributed by atoms with Crippen LogP contribution in [0.3, 0.4) is 0 Å². The highest BCUT2D eigenvalue weighted by molar-refractivity contribution is 5.79. The molecule has 2 aliphatic carbocycles. The van der Waals surface area contributed by atoms with E-state index in [4.69, 9.17) is 5.73 Å². The standard InChI is InChI=1S/C18H26N2O/c1-20(18(21)14-8-4-9-15(19)12-14)17-11-5-7-13-6-2-3-10-16(13)17/h2-3,6,10,14-15,17H,4-5,7-9,11-12,19H2,1H3. The normalized spacial score (nSPS) is 28.8. The summed E-state index contributed by atoms with van der Waals surface area (Å²) in [7, 11) is 1.98. The Morgan fingerprint density at radius 3 is 2.81 bits per heavy atom. The molecule has 21 heavy (non-hydrogen) atoms. The zero-order valence-corrected chi connectivity index (χ0v) is 12.9. The molecule has 1 aromatic carbocycles. The monoisotopic (exact) mass is 286 g/mol. The highest BCUT2D eigenvalue weighted by Crippen LogP contribution is 2.35. The lowest BCUT2D eigenvalue weighted by molar-refractivity contribution is -0.138. The van der Waals surface area contributed by atoms with Gasteiger partial charge in [0.05, 0.1) is 6.04 Å². The van der Waals surface area contributed by atoms with E-state index in [0.29, 0.717) is 5.91 Å². The largest absolute Gasteiger partial charge is 0.338 e. The van der Waals surface area contributed by atoms with Crippen molar-refractivity contribution >= 4 is 5.91 Å². The van der Waals surface area contributed by atoms with Crippen molar-refractivity contribution in [1.29, 1.82) is 0 Å². The Labute approximate surface area is 127 Å². The molecule has 2 N–H and O–H groups in total. The first-order valence-corrected chi connectivity index (χ1v) is 8.27. The molecule has 3 rings (SSSR count). The minimum absolute atomic E-state index is 0.132. The quantitative estimate of drug-likeness (QED) is 0.908. The van der Waals surface area contributed by atoms with Gasteiger partial charge in [0.2, 0.25) is 5.91 Å². The van der Waals surface area contributed by atoms with Crippen LogP contribution >= 0.6 is 0 Å². The molecule has 3 atom stereocenters. The van der Waals surface area contributed by atoms with Gasteiger partial charge < -0.3 is 10.6 Å².